The van der Waals surface area contributed by atoms with Crippen molar-refractivity contribution in [2.45, 2.75) is 13.0 Å². The van der Waals surface area contributed by atoms with Crippen LogP contribution in [0, 0.1) is 0 Å². The van der Waals surface area contributed by atoms with E-state index in [1.165, 1.54) is 12.4 Å². The summed E-state index contributed by atoms with van der Waals surface area (Å²) in [4.78, 5) is 17.8. The van der Waals surface area contributed by atoms with Gasteiger partial charge in [0.15, 0.2) is 0 Å². The third-order valence-electron chi connectivity index (χ3n) is 3.87. The van der Waals surface area contributed by atoms with E-state index in [1.54, 1.807) is 35.2 Å². The van der Waals surface area contributed by atoms with Crippen molar-refractivity contribution in [2.24, 2.45) is 0 Å². The number of aromatic nitrogens is 1. The number of hydrogen-bond acceptors (Lipinski definition) is 5. The minimum absolute atomic E-state index is 0.000683. The number of halogens is 1. The molecule has 1 aromatic heterocycles. The van der Waals surface area contributed by atoms with Crippen molar-refractivity contribution < 1.29 is 15.0 Å². The second kappa shape index (κ2) is 6.51. The van der Waals surface area contributed by atoms with Gasteiger partial charge in [0.1, 0.15) is 11.8 Å². The van der Waals surface area contributed by atoms with E-state index in [4.69, 9.17) is 11.6 Å². The number of rotatable bonds is 3. The number of fused-ring (bicyclic) bond motifs is 1. The van der Waals surface area contributed by atoms with Crippen LogP contribution in [0.3, 0.4) is 0 Å². The average Bonchev–Trinajstić information content (AvgIpc) is 2.59. The highest BCUT2D eigenvalue weighted by Crippen LogP contribution is 2.41. The van der Waals surface area contributed by atoms with E-state index < -0.39 is 12.0 Å². The molecule has 0 aliphatic carbocycles. The summed E-state index contributed by atoms with van der Waals surface area (Å²) < 4.78 is 0. The number of anilines is 1. The maximum absolute atomic E-state index is 12.3. The van der Waals surface area contributed by atoms with E-state index in [9.17, 15) is 15.0 Å². The van der Waals surface area contributed by atoms with Gasteiger partial charge in [0.2, 0.25) is 5.88 Å². The van der Waals surface area contributed by atoms with Gasteiger partial charge in [-0.05, 0) is 31.2 Å². The Hall–Kier alpha value is -2.57. The smallest absolute Gasteiger partial charge is 0.255 e. The Morgan fingerprint density at radius 2 is 2.04 bits per heavy atom. The van der Waals surface area contributed by atoms with E-state index in [-0.39, 0.29) is 11.6 Å². The van der Waals surface area contributed by atoms with Crippen LogP contribution < -0.4 is 10.2 Å². The molecule has 3 rings (SSSR count). The summed E-state index contributed by atoms with van der Waals surface area (Å²) >= 11 is 6.21. The second-order valence-corrected chi connectivity index (χ2v) is 5.65. The molecule has 0 spiro atoms. The van der Waals surface area contributed by atoms with E-state index >= 15 is 0 Å². The first-order valence-corrected chi connectivity index (χ1v) is 7.81. The molecule has 0 bridgehead atoms. The van der Waals surface area contributed by atoms with Crippen molar-refractivity contribution in [2.75, 3.05) is 11.4 Å². The number of carbonyl (C=O) groups excluding carboxylic acids is 1. The van der Waals surface area contributed by atoms with Crippen LogP contribution in [0.2, 0.25) is 5.02 Å². The number of nitrogens with zero attached hydrogens (tertiary/aromatic N) is 2. The van der Waals surface area contributed by atoms with Crippen LogP contribution in [0.25, 0.3) is 0 Å². The predicted molar refractivity (Wildman–Crippen MR) is 90.8 cm³/mol. The second-order valence-electron chi connectivity index (χ2n) is 5.25. The Morgan fingerprint density at radius 1 is 1.33 bits per heavy atom. The van der Waals surface area contributed by atoms with Crippen molar-refractivity contribution in [3.63, 3.8) is 0 Å². The first-order chi connectivity index (χ1) is 11.5. The number of amides is 1. The molecule has 0 radical (unpaired) electrons. The fraction of sp³-hybridized carbons (Fsp3) is 0.176. The Balaban J connectivity index is 2.01. The molecule has 0 saturated heterocycles. The molecule has 1 unspecified atom stereocenters. The summed E-state index contributed by atoms with van der Waals surface area (Å²) in [7, 11) is 0. The quantitative estimate of drug-likeness (QED) is 0.796. The average molecular weight is 346 g/mol. The molecule has 1 amide bonds. The van der Waals surface area contributed by atoms with Crippen LogP contribution in [0.5, 0.6) is 0 Å². The van der Waals surface area contributed by atoms with Crippen molar-refractivity contribution in [3.05, 3.63) is 70.5 Å². The number of nitrogens with one attached hydrogen (secondary N) is 1. The van der Waals surface area contributed by atoms with Crippen molar-refractivity contribution in [1.82, 2.24) is 10.3 Å². The van der Waals surface area contributed by atoms with Crippen molar-refractivity contribution >= 4 is 23.2 Å². The van der Waals surface area contributed by atoms with Gasteiger partial charge in [-0.25, -0.2) is 0 Å². The van der Waals surface area contributed by atoms with Gasteiger partial charge in [-0.2, -0.15) is 0 Å². The van der Waals surface area contributed by atoms with Crippen LogP contribution in [0.4, 0.5) is 5.69 Å². The summed E-state index contributed by atoms with van der Waals surface area (Å²) in [5, 5.41) is 24.1. The van der Waals surface area contributed by atoms with Crippen LogP contribution in [-0.2, 0) is 0 Å². The fourth-order valence-electron chi connectivity index (χ4n) is 2.70. The number of hydrogen-bond donors (Lipinski definition) is 3. The molecular formula is C17H16ClN3O3. The molecule has 6 nitrogen and oxygen atoms in total. The normalized spacial score (nSPS) is 16.8. The Morgan fingerprint density at radius 3 is 2.71 bits per heavy atom. The highest BCUT2D eigenvalue weighted by atomic mass is 35.5. The minimum atomic E-state index is -1.23. The topological polar surface area (TPSA) is 85.7 Å². The molecule has 2 heterocycles. The van der Waals surface area contributed by atoms with Gasteiger partial charge in [-0.3, -0.25) is 9.78 Å². The summed E-state index contributed by atoms with van der Waals surface area (Å²) in [5.74, 6) is -0.660. The van der Waals surface area contributed by atoms with Gasteiger partial charge in [0, 0.05) is 35.1 Å². The molecule has 24 heavy (non-hydrogen) atoms. The Labute approximate surface area is 144 Å². The monoisotopic (exact) mass is 345 g/mol. The molecule has 0 fully saturated rings. The van der Waals surface area contributed by atoms with E-state index in [2.05, 4.69) is 10.3 Å². The summed E-state index contributed by atoms with van der Waals surface area (Å²) in [6.45, 7) is 2.29. The molecule has 2 aromatic rings. The molecule has 1 aromatic carbocycles. The third kappa shape index (κ3) is 2.70. The zero-order chi connectivity index (χ0) is 17.3. The highest BCUT2D eigenvalue weighted by Gasteiger charge is 2.33. The zero-order valence-corrected chi connectivity index (χ0v) is 13.7. The molecule has 3 N–H and O–H groups in total. The lowest BCUT2D eigenvalue weighted by Crippen LogP contribution is -2.37. The summed E-state index contributed by atoms with van der Waals surface area (Å²) in [6.07, 6.45) is 1.75. The van der Waals surface area contributed by atoms with Gasteiger partial charge in [-0.15, -0.1) is 0 Å². The number of pyridine rings is 1. The van der Waals surface area contributed by atoms with E-state index in [0.717, 1.165) is 0 Å². The van der Waals surface area contributed by atoms with Gasteiger partial charge < -0.3 is 20.4 Å². The van der Waals surface area contributed by atoms with Crippen molar-refractivity contribution in [1.29, 1.82) is 0 Å². The van der Waals surface area contributed by atoms with E-state index in [0.29, 0.717) is 28.4 Å². The first-order valence-electron chi connectivity index (χ1n) is 7.43. The highest BCUT2D eigenvalue weighted by molar-refractivity contribution is 6.32. The summed E-state index contributed by atoms with van der Waals surface area (Å²) in [5.41, 5.74) is 1.42. The van der Waals surface area contributed by atoms with Crippen LogP contribution in [-0.4, -0.2) is 27.6 Å². The molecule has 1 atom stereocenters. The third-order valence-corrected chi connectivity index (χ3v) is 4.20. The molecule has 0 saturated carbocycles. The standard InChI is InChI=1S/C17H16ClN3O3/c1-2-21-12-5-3-4-11(18)13(12)15(22)14(17(21)24)20-16(23)10-6-8-19-9-7-10/h3-9,15,22,24H,2H2,1H3,(H,20,23). The molecule has 1 aliphatic rings. The van der Waals surface area contributed by atoms with Gasteiger partial charge in [0.05, 0.1) is 5.69 Å². The number of carbonyl (C=O) groups is 1. The van der Waals surface area contributed by atoms with Gasteiger partial charge in [0.25, 0.3) is 5.91 Å². The summed E-state index contributed by atoms with van der Waals surface area (Å²) in [6, 6.07) is 8.24. The Bertz CT molecular complexity index is 808. The molecule has 1 aliphatic heterocycles. The maximum Gasteiger partial charge on any atom is 0.255 e. The predicted octanol–water partition coefficient (Wildman–Crippen LogP) is 2.77. The first kappa shape index (κ1) is 16.3. The lowest BCUT2D eigenvalue weighted by Gasteiger charge is -2.34. The number of aliphatic hydroxyl groups is 2. The van der Waals surface area contributed by atoms with E-state index in [1.807, 2.05) is 6.92 Å². The largest absolute Gasteiger partial charge is 0.493 e. The van der Waals surface area contributed by atoms with Crippen LogP contribution in [0.15, 0.2) is 54.3 Å². The zero-order valence-electron chi connectivity index (χ0n) is 12.9. The van der Waals surface area contributed by atoms with Crippen molar-refractivity contribution in [3.8, 4) is 0 Å². The lowest BCUT2D eigenvalue weighted by atomic mass is 9.99. The minimum Gasteiger partial charge on any atom is -0.493 e. The van der Waals surface area contributed by atoms with Gasteiger partial charge >= 0.3 is 0 Å². The molecule has 124 valence electrons. The van der Waals surface area contributed by atoms with Crippen LogP contribution >= 0.6 is 11.6 Å². The fourth-order valence-corrected chi connectivity index (χ4v) is 2.97. The number of aliphatic hydroxyl groups excluding tert-OH is 2. The number of benzene rings is 1. The maximum atomic E-state index is 12.3. The van der Waals surface area contributed by atoms with Gasteiger partial charge in [-0.1, -0.05) is 17.7 Å². The SMILES string of the molecule is CCN1C(O)=C(NC(=O)c2ccncc2)C(O)c2c(Cl)cccc21. The van der Waals surface area contributed by atoms with Crippen LogP contribution in [0.1, 0.15) is 28.9 Å². The Kier molecular flexibility index (Phi) is 4.42. The lowest BCUT2D eigenvalue weighted by molar-refractivity contribution is 0.0939. The molecular weight excluding hydrogens is 330 g/mol. The molecule has 7 heteroatoms.